The zero-order valence-electron chi connectivity index (χ0n) is 10.6. The molecule has 1 N–H and O–H groups in total. The predicted octanol–water partition coefficient (Wildman–Crippen LogP) is 2.81. The minimum absolute atomic E-state index is 0.265. The third kappa shape index (κ3) is 3.76. The molecule has 2 rings (SSSR count). The fourth-order valence-electron chi connectivity index (χ4n) is 1.66. The van der Waals surface area contributed by atoms with E-state index in [-0.39, 0.29) is 6.61 Å². The molecule has 0 saturated heterocycles. The Balaban J connectivity index is 2.09. The number of aryl methyl sites for hydroxylation is 1. The molecule has 5 heteroatoms. The predicted molar refractivity (Wildman–Crippen MR) is 79.0 cm³/mol. The maximum absolute atomic E-state index is 5.52. The molecule has 0 radical (unpaired) electrons. The maximum Gasteiger partial charge on any atom is 0.148 e. The lowest BCUT2D eigenvalue weighted by molar-refractivity contribution is 0.366. The van der Waals surface area contributed by atoms with Gasteiger partial charge < -0.3 is 10.1 Å². The molecule has 0 amide bonds. The third-order valence-electron chi connectivity index (χ3n) is 2.52. The summed E-state index contributed by atoms with van der Waals surface area (Å²) in [6.45, 7) is 0.909. The van der Waals surface area contributed by atoms with Crippen molar-refractivity contribution in [3.05, 3.63) is 40.6 Å². The first kappa shape index (κ1) is 13.5. The van der Waals surface area contributed by atoms with Crippen molar-refractivity contribution in [3.63, 3.8) is 0 Å². The summed E-state index contributed by atoms with van der Waals surface area (Å²) in [5.74, 6) is 3.26. The van der Waals surface area contributed by atoms with Crippen LogP contribution in [0.15, 0.2) is 35.1 Å². The molecule has 0 aliphatic carbocycles. The van der Waals surface area contributed by atoms with Crippen LogP contribution in [-0.4, -0.2) is 16.4 Å². The molecular formula is C14H14BrN3O. The zero-order chi connectivity index (χ0) is 13.7. The Bertz CT molecular complexity index is 601. The zero-order valence-corrected chi connectivity index (χ0v) is 12.1. The second-order valence-electron chi connectivity index (χ2n) is 4.00. The van der Waals surface area contributed by atoms with Crippen LogP contribution in [0.1, 0.15) is 5.56 Å². The number of rotatable bonds is 5. The highest BCUT2D eigenvalue weighted by atomic mass is 79.9. The Labute approximate surface area is 120 Å². The standard InChI is InChI=1S/C14H14BrN3O/c1-3-6-19-14-5-4-12(15)7-11(14)8-16-13-9-17-18(2)10-13/h1,4-5,7,9-10,16H,6,8H2,2H3. The summed E-state index contributed by atoms with van der Waals surface area (Å²) in [6, 6.07) is 5.84. The van der Waals surface area contributed by atoms with Crippen molar-refractivity contribution in [1.82, 2.24) is 9.78 Å². The quantitative estimate of drug-likeness (QED) is 0.861. The molecule has 0 atom stereocenters. The molecule has 4 nitrogen and oxygen atoms in total. The summed E-state index contributed by atoms with van der Waals surface area (Å²) in [4.78, 5) is 0. The fourth-order valence-corrected chi connectivity index (χ4v) is 2.06. The van der Waals surface area contributed by atoms with E-state index in [1.54, 1.807) is 10.9 Å². The molecule has 19 heavy (non-hydrogen) atoms. The van der Waals surface area contributed by atoms with Gasteiger partial charge in [0.2, 0.25) is 0 Å². The van der Waals surface area contributed by atoms with Gasteiger partial charge in [-0.05, 0) is 18.2 Å². The second kappa shape index (κ2) is 6.30. The summed E-state index contributed by atoms with van der Waals surface area (Å²) in [5.41, 5.74) is 2.00. The lowest BCUT2D eigenvalue weighted by Crippen LogP contribution is -2.03. The fraction of sp³-hybridized carbons (Fsp3) is 0.214. The summed E-state index contributed by atoms with van der Waals surface area (Å²) in [7, 11) is 1.88. The normalized spacial score (nSPS) is 9.95. The van der Waals surface area contributed by atoms with Gasteiger partial charge in [0.25, 0.3) is 0 Å². The van der Waals surface area contributed by atoms with E-state index in [1.165, 1.54) is 0 Å². The van der Waals surface area contributed by atoms with Gasteiger partial charge in [0.15, 0.2) is 0 Å². The maximum atomic E-state index is 5.52. The van der Waals surface area contributed by atoms with E-state index < -0.39 is 0 Å². The van der Waals surface area contributed by atoms with E-state index in [0.29, 0.717) is 6.54 Å². The number of aromatic nitrogens is 2. The lowest BCUT2D eigenvalue weighted by atomic mass is 10.2. The van der Waals surface area contributed by atoms with Gasteiger partial charge in [-0.1, -0.05) is 21.9 Å². The number of anilines is 1. The van der Waals surface area contributed by atoms with E-state index in [2.05, 4.69) is 32.3 Å². The Kier molecular flexibility index (Phi) is 4.48. The number of halogens is 1. The van der Waals surface area contributed by atoms with Crippen LogP contribution in [0, 0.1) is 12.3 Å². The molecule has 1 heterocycles. The first-order valence-corrected chi connectivity index (χ1v) is 6.55. The highest BCUT2D eigenvalue weighted by Crippen LogP contribution is 2.24. The molecule has 0 aliphatic heterocycles. The monoisotopic (exact) mass is 319 g/mol. The largest absolute Gasteiger partial charge is 0.481 e. The van der Waals surface area contributed by atoms with Crippen LogP contribution >= 0.6 is 15.9 Å². The minimum Gasteiger partial charge on any atom is -0.481 e. The van der Waals surface area contributed by atoms with Crippen molar-refractivity contribution in [2.75, 3.05) is 11.9 Å². The molecule has 1 aromatic carbocycles. The van der Waals surface area contributed by atoms with Crippen LogP contribution in [0.5, 0.6) is 5.75 Å². The highest BCUT2D eigenvalue weighted by Gasteiger charge is 2.05. The Morgan fingerprint density at radius 3 is 3.05 bits per heavy atom. The Morgan fingerprint density at radius 1 is 1.53 bits per heavy atom. The van der Waals surface area contributed by atoms with Gasteiger partial charge in [-0.25, -0.2) is 0 Å². The molecule has 2 aromatic rings. The summed E-state index contributed by atoms with van der Waals surface area (Å²) < 4.78 is 8.27. The number of nitrogens with one attached hydrogen (secondary N) is 1. The number of hydrogen-bond donors (Lipinski definition) is 1. The molecule has 0 saturated carbocycles. The molecule has 0 fully saturated rings. The van der Waals surface area contributed by atoms with Gasteiger partial charge in [-0.15, -0.1) is 6.42 Å². The van der Waals surface area contributed by atoms with Crippen LogP contribution in [-0.2, 0) is 13.6 Å². The third-order valence-corrected chi connectivity index (χ3v) is 3.01. The molecule has 0 spiro atoms. The van der Waals surface area contributed by atoms with Gasteiger partial charge in [0.1, 0.15) is 12.4 Å². The van der Waals surface area contributed by atoms with Gasteiger partial charge in [0, 0.05) is 29.8 Å². The van der Waals surface area contributed by atoms with Gasteiger partial charge in [-0.2, -0.15) is 5.10 Å². The smallest absolute Gasteiger partial charge is 0.148 e. The van der Waals surface area contributed by atoms with Crippen LogP contribution < -0.4 is 10.1 Å². The van der Waals surface area contributed by atoms with Gasteiger partial charge in [0.05, 0.1) is 11.9 Å². The van der Waals surface area contributed by atoms with Gasteiger partial charge in [-0.3, -0.25) is 4.68 Å². The first-order valence-electron chi connectivity index (χ1n) is 5.76. The number of terminal acetylenes is 1. The molecule has 1 aromatic heterocycles. The summed E-state index contributed by atoms with van der Waals surface area (Å²) in [5, 5.41) is 7.40. The first-order chi connectivity index (χ1) is 9.19. The van der Waals surface area contributed by atoms with E-state index in [0.717, 1.165) is 21.5 Å². The van der Waals surface area contributed by atoms with Crippen molar-refractivity contribution in [2.45, 2.75) is 6.54 Å². The van der Waals surface area contributed by atoms with Crippen molar-refractivity contribution in [1.29, 1.82) is 0 Å². The van der Waals surface area contributed by atoms with E-state index in [9.17, 15) is 0 Å². The number of benzene rings is 1. The molecule has 0 aliphatic rings. The molecule has 0 bridgehead atoms. The van der Waals surface area contributed by atoms with Crippen LogP contribution in [0.4, 0.5) is 5.69 Å². The van der Waals surface area contributed by atoms with Crippen molar-refractivity contribution in [2.24, 2.45) is 7.05 Å². The van der Waals surface area contributed by atoms with Crippen molar-refractivity contribution >= 4 is 21.6 Å². The van der Waals surface area contributed by atoms with Crippen LogP contribution in [0.25, 0.3) is 0 Å². The van der Waals surface area contributed by atoms with E-state index in [4.69, 9.17) is 11.2 Å². The van der Waals surface area contributed by atoms with Gasteiger partial charge >= 0.3 is 0 Å². The summed E-state index contributed by atoms with van der Waals surface area (Å²) >= 11 is 3.45. The van der Waals surface area contributed by atoms with Crippen LogP contribution in [0.3, 0.4) is 0 Å². The SMILES string of the molecule is C#CCOc1ccc(Br)cc1CNc1cnn(C)c1. The number of hydrogen-bond acceptors (Lipinski definition) is 3. The Hall–Kier alpha value is -1.93. The van der Waals surface area contributed by atoms with E-state index in [1.807, 2.05) is 31.4 Å². The average molecular weight is 320 g/mol. The highest BCUT2D eigenvalue weighted by molar-refractivity contribution is 9.10. The number of nitrogens with zero attached hydrogens (tertiary/aromatic N) is 2. The molecule has 0 unspecified atom stereocenters. The van der Waals surface area contributed by atoms with Crippen molar-refractivity contribution < 1.29 is 4.74 Å². The topological polar surface area (TPSA) is 39.1 Å². The average Bonchev–Trinajstić information content (AvgIpc) is 2.81. The second-order valence-corrected chi connectivity index (χ2v) is 4.92. The van der Waals surface area contributed by atoms with E-state index >= 15 is 0 Å². The lowest BCUT2D eigenvalue weighted by Gasteiger charge is -2.11. The summed E-state index contributed by atoms with van der Waals surface area (Å²) in [6.07, 6.45) is 8.91. The molecular weight excluding hydrogens is 306 g/mol. The van der Waals surface area contributed by atoms with Crippen molar-refractivity contribution in [3.8, 4) is 18.1 Å². The minimum atomic E-state index is 0.265. The Morgan fingerprint density at radius 2 is 2.37 bits per heavy atom. The molecule has 98 valence electrons. The van der Waals surface area contributed by atoms with Crippen LogP contribution in [0.2, 0.25) is 0 Å². The number of ether oxygens (including phenoxy) is 1.